The van der Waals surface area contributed by atoms with Crippen molar-refractivity contribution in [3.8, 4) is 0 Å². The zero-order valence-corrected chi connectivity index (χ0v) is 14.8. The Morgan fingerprint density at radius 3 is 2.42 bits per heavy atom. The van der Waals surface area contributed by atoms with Crippen LogP contribution in [0.3, 0.4) is 0 Å². The van der Waals surface area contributed by atoms with Crippen LogP contribution < -0.4 is 5.32 Å². The average molecular weight is 373 g/mol. The summed E-state index contributed by atoms with van der Waals surface area (Å²) in [4.78, 5) is 53.0. The van der Waals surface area contributed by atoms with Gasteiger partial charge in [0.2, 0.25) is 5.91 Å². The molecule has 3 amide bonds. The Kier molecular flexibility index (Phi) is 4.81. The van der Waals surface area contributed by atoms with Gasteiger partial charge >= 0.3 is 5.97 Å². The van der Waals surface area contributed by atoms with Gasteiger partial charge in [-0.25, -0.2) is 9.78 Å². The van der Waals surface area contributed by atoms with E-state index in [-0.39, 0.29) is 23.6 Å². The summed E-state index contributed by atoms with van der Waals surface area (Å²) in [6.07, 6.45) is 0. The molecule has 1 atom stereocenters. The highest BCUT2D eigenvalue weighted by Crippen LogP contribution is 2.25. The van der Waals surface area contributed by atoms with Crippen LogP contribution in [0.5, 0.6) is 0 Å². The molecule has 1 unspecified atom stereocenters. The molecular weight excluding hydrogens is 358 g/mol. The van der Waals surface area contributed by atoms with E-state index in [0.29, 0.717) is 10.8 Å². The molecule has 0 fully saturated rings. The third-order valence-corrected chi connectivity index (χ3v) is 4.56. The SMILES string of the molecule is CC(=O)Nc1nc(COC(=O)C(C)N2C(=O)c3ccccc3C2=O)cs1. The number of ether oxygens (including phenoxy) is 1. The number of hydrogen-bond acceptors (Lipinski definition) is 7. The van der Waals surface area contributed by atoms with Gasteiger partial charge < -0.3 is 10.1 Å². The molecule has 0 radical (unpaired) electrons. The van der Waals surface area contributed by atoms with Gasteiger partial charge in [0.05, 0.1) is 16.8 Å². The molecule has 1 aromatic carbocycles. The topological polar surface area (TPSA) is 106 Å². The summed E-state index contributed by atoms with van der Waals surface area (Å²) < 4.78 is 5.16. The van der Waals surface area contributed by atoms with Crippen molar-refractivity contribution in [1.82, 2.24) is 9.88 Å². The van der Waals surface area contributed by atoms with Crippen LogP contribution in [0, 0.1) is 0 Å². The van der Waals surface area contributed by atoms with E-state index in [2.05, 4.69) is 10.3 Å². The van der Waals surface area contributed by atoms with Crippen LogP contribution in [0.2, 0.25) is 0 Å². The Hall–Kier alpha value is -3.07. The first-order chi connectivity index (χ1) is 12.4. The highest BCUT2D eigenvalue weighted by Gasteiger charge is 2.41. The standard InChI is InChI=1S/C17H15N3O5S/c1-9(20-14(22)12-5-3-4-6-13(12)15(20)23)16(24)25-7-11-8-26-17(19-11)18-10(2)21/h3-6,8-9H,7H2,1-2H3,(H,18,19,21). The molecule has 0 bridgehead atoms. The van der Waals surface area contributed by atoms with Crippen LogP contribution in [0.1, 0.15) is 40.3 Å². The molecular formula is C17H15N3O5S. The summed E-state index contributed by atoms with van der Waals surface area (Å²) in [7, 11) is 0. The van der Waals surface area contributed by atoms with E-state index >= 15 is 0 Å². The third-order valence-electron chi connectivity index (χ3n) is 3.75. The lowest BCUT2D eigenvalue weighted by atomic mass is 10.1. The van der Waals surface area contributed by atoms with Crippen molar-refractivity contribution in [2.75, 3.05) is 5.32 Å². The highest BCUT2D eigenvalue weighted by molar-refractivity contribution is 7.13. The van der Waals surface area contributed by atoms with E-state index in [1.807, 2.05) is 0 Å². The number of rotatable bonds is 5. The number of amides is 3. The predicted molar refractivity (Wildman–Crippen MR) is 92.6 cm³/mol. The summed E-state index contributed by atoms with van der Waals surface area (Å²) in [6.45, 7) is 2.68. The van der Waals surface area contributed by atoms with Gasteiger partial charge in [-0.3, -0.25) is 19.3 Å². The Bertz CT molecular complexity index is 872. The Balaban J connectivity index is 1.64. The first-order valence-electron chi connectivity index (χ1n) is 7.74. The maximum atomic E-state index is 12.4. The fourth-order valence-electron chi connectivity index (χ4n) is 2.51. The number of fused-ring (bicyclic) bond motifs is 1. The minimum absolute atomic E-state index is 0.123. The van der Waals surface area contributed by atoms with Gasteiger partial charge in [-0.1, -0.05) is 12.1 Å². The molecule has 1 aliphatic rings. The number of anilines is 1. The number of esters is 1. The lowest BCUT2D eigenvalue weighted by Gasteiger charge is -2.20. The minimum atomic E-state index is -1.06. The number of aromatic nitrogens is 1. The number of hydrogen-bond donors (Lipinski definition) is 1. The first-order valence-corrected chi connectivity index (χ1v) is 8.62. The molecule has 8 nitrogen and oxygen atoms in total. The lowest BCUT2D eigenvalue weighted by molar-refractivity contribution is -0.149. The fraction of sp³-hybridized carbons (Fsp3) is 0.235. The molecule has 9 heteroatoms. The van der Waals surface area contributed by atoms with Gasteiger partial charge in [0.25, 0.3) is 11.8 Å². The van der Waals surface area contributed by atoms with Crippen LogP contribution in [0.15, 0.2) is 29.6 Å². The number of nitrogens with zero attached hydrogens (tertiary/aromatic N) is 2. The normalized spacial score (nSPS) is 14.2. The molecule has 0 saturated heterocycles. The quantitative estimate of drug-likeness (QED) is 0.633. The second-order valence-electron chi connectivity index (χ2n) is 5.63. The molecule has 2 aromatic rings. The Labute approximate surface area is 152 Å². The monoisotopic (exact) mass is 373 g/mol. The predicted octanol–water partition coefficient (Wildman–Crippen LogP) is 1.83. The number of carbonyl (C=O) groups is 4. The summed E-state index contributed by atoms with van der Waals surface area (Å²) in [5.41, 5.74) is 1.01. The molecule has 1 N–H and O–H groups in total. The summed E-state index contributed by atoms with van der Waals surface area (Å²) >= 11 is 1.20. The average Bonchev–Trinajstić information content (AvgIpc) is 3.15. The van der Waals surface area contributed by atoms with Gasteiger partial charge in [0.1, 0.15) is 12.6 Å². The van der Waals surface area contributed by atoms with Crippen LogP contribution >= 0.6 is 11.3 Å². The van der Waals surface area contributed by atoms with Gasteiger partial charge in [-0.15, -0.1) is 11.3 Å². The van der Waals surface area contributed by atoms with E-state index in [1.54, 1.807) is 29.6 Å². The van der Waals surface area contributed by atoms with E-state index in [1.165, 1.54) is 25.2 Å². The molecule has 2 heterocycles. The number of benzene rings is 1. The van der Waals surface area contributed by atoms with Gasteiger partial charge in [-0.05, 0) is 19.1 Å². The molecule has 1 aromatic heterocycles. The van der Waals surface area contributed by atoms with Crippen LogP contribution in [-0.4, -0.2) is 39.6 Å². The molecule has 26 heavy (non-hydrogen) atoms. The Morgan fingerprint density at radius 2 is 1.85 bits per heavy atom. The largest absolute Gasteiger partial charge is 0.458 e. The number of thiazole rings is 1. The fourth-order valence-corrected chi connectivity index (χ4v) is 3.25. The van der Waals surface area contributed by atoms with Gasteiger partial charge in [0.15, 0.2) is 5.13 Å². The Morgan fingerprint density at radius 1 is 1.23 bits per heavy atom. The van der Waals surface area contributed by atoms with E-state index in [4.69, 9.17) is 4.74 Å². The summed E-state index contributed by atoms with van der Waals surface area (Å²) in [5, 5.41) is 4.58. The minimum Gasteiger partial charge on any atom is -0.458 e. The molecule has 0 aliphatic carbocycles. The first kappa shape index (κ1) is 17.7. The number of nitrogens with one attached hydrogen (secondary N) is 1. The van der Waals surface area contributed by atoms with E-state index < -0.39 is 23.8 Å². The highest BCUT2D eigenvalue weighted by atomic mass is 32.1. The molecule has 134 valence electrons. The van der Waals surface area contributed by atoms with Crippen molar-refractivity contribution in [3.05, 3.63) is 46.5 Å². The zero-order chi connectivity index (χ0) is 18.8. The third kappa shape index (κ3) is 3.33. The van der Waals surface area contributed by atoms with Crippen molar-refractivity contribution >= 4 is 40.2 Å². The second-order valence-corrected chi connectivity index (χ2v) is 6.49. The summed E-state index contributed by atoms with van der Waals surface area (Å²) in [6, 6.07) is 5.35. The zero-order valence-electron chi connectivity index (χ0n) is 14.0. The van der Waals surface area contributed by atoms with E-state index in [9.17, 15) is 19.2 Å². The summed E-state index contributed by atoms with van der Waals surface area (Å²) in [5.74, 6) is -2.00. The van der Waals surface area contributed by atoms with Gasteiger partial charge in [-0.2, -0.15) is 0 Å². The lowest BCUT2D eigenvalue weighted by Crippen LogP contribution is -2.43. The maximum absolute atomic E-state index is 12.4. The van der Waals surface area contributed by atoms with Crippen molar-refractivity contribution < 1.29 is 23.9 Å². The second kappa shape index (κ2) is 7.04. The molecule has 0 spiro atoms. The van der Waals surface area contributed by atoms with Gasteiger partial charge in [0, 0.05) is 12.3 Å². The van der Waals surface area contributed by atoms with Crippen molar-refractivity contribution in [3.63, 3.8) is 0 Å². The van der Waals surface area contributed by atoms with Crippen molar-refractivity contribution in [2.24, 2.45) is 0 Å². The van der Waals surface area contributed by atoms with Crippen LogP contribution in [0.25, 0.3) is 0 Å². The molecule has 0 saturated carbocycles. The number of imide groups is 1. The smallest absolute Gasteiger partial charge is 0.329 e. The van der Waals surface area contributed by atoms with Crippen LogP contribution in [0.4, 0.5) is 5.13 Å². The van der Waals surface area contributed by atoms with Crippen molar-refractivity contribution in [2.45, 2.75) is 26.5 Å². The van der Waals surface area contributed by atoms with Crippen molar-refractivity contribution in [1.29, 1.82) is 0 Å². The molecule has 1 aliphatic heterocycles. The van der Waals surface area contributed by atoms with Crippen LogP contribution in [-0.2, 0) is 20.9 Å². The maximum Gasteiger partial charge on any atom is 0.329 e. The van der Waals surface area contributed by atoms with E-state index in [0.717, 1.165) is 4.90 Å². The number of carbonyl (C=O) groups excluding carboxylic acids is 4. The molecule has 3 rings (SSSR count).